The number of amides is 1. The number of hydrogen-bond acceptors (Lipinski definition) is 4. The van der Waals surface area contributed by atoms with E-state index >= 15 is 0 Å². The number of ether oxygens (including phenoxy) is 2. The zero-order valence-corrected chi connectivity index (χ0v) is 13.9. The largest absolute Gasteiger partial charge is 0.454 e. The van der Waals surface area contributed by atoms with Crippen molar-refractivity contribution in [1.29, 1.82) is 0 Å². The lowest BCUT2D eigenvalue weighted by molar-refractivity contribution is -0.125. The molecule has 6 heteroatoms. The Bertz CT molecular complexity index is 811. The first kappa shape index (κ1) is 15.9. The third-order valence-corrected chi connectivity index (χ3v) is 4.78. The zero-order chi connectivity index (χ0) is 17.4. The molecule has 2 aromatic carbocycles. The summed E-state index contributed by atoms with van der Waals surface area (Å²) in [5, 5.41) is 0. The van der Waals surface area contributed by atoms with E-state index in [2.05, 4.69) is 0 Å². The van der Waals surface area contributed by atoms with E-state index in [1.165, 1.54) is 6.07 Å². The quantitative estimate of drug-likeness (QED) is 0.860. The first-order chi connectivity index (χ1) is 12.1. The van der Waals surface area contributed by atoms with Crippen molar-refractivity contribution in [2.75, 3.05) is 24.8 Å². The van der Waals surface area contributed by atoms with Gasteiger partial charge in [0.2, 0.25) is 12.7 Å². The van der Waals surface area contributed by atoms with E-state index in [0.29, 0.717) is 36.7 Å². The van der Waals surface area contributed by atoms with Crippen molar-refractivity contribution < 1.29 is 18.7 Å². The van der Waals surface area contributed by atoms with Gasteiger partial charge in [-0.3, -0.25) is 9.69 Å². The van der Waals surface area contributed by atoms with Gasteiger partial charge < -0.3 is 14.4 Å². The van der Waals surface area contributed by atoms with E-state index in [9.17, 15) is 9.18 Å². The van der Waals surface area contributed by atoms with Gasteiger partial charge in [0.25, 0.3) is 0 Å². The molecule has 0 aromatic heterocycles. The molecule has 1 atom stereocenters. The Morgan fingerprint density at radius 3 is 2.76 bits per heavy atom. The Balaban J connectivity index is 1.50. The highest BCUT2D eigenvalue weighted by molar-refractivity contribution is 5.98. The minimum Gasteiger partial charge on any atom is -0.454 e. The van der Waals surface area contributed by atoms with Gasteiger partial charge in [-0.1, -0.05) is 18.2 Å². The van der Waals surface area contributed by atoms with E-state index in [1.807, 2.05) is 36.1 Å². The molecular formula is C19H19FN2O3. The molecule has 2 aliphatic rings. The van der Waals surface area contributed by atoms with Crippen LogP contribution in [0.1, 0.15) is 12.5 Å². The Morgan fingerprint density at radius 2 is 1.92 bits per heavy atom. The number of piperazine rings is 1. The van der Waals surface area contributed by atoms with E-state index in [0.717, 1.165) is 5.69 Å². The monoisotopic (exact) mass is 342 g/mol. The Morgan fingerprint density at radius 1 is 1.12 bits per heavy atom. The Hall–Kier alpha value is -2.60. The van der Waals surface area contributed by atoms with Gasteiger partial charge >= 0.3 is 0 Å². The van der Waals surface area contributed by atoms with Gasteiger partial charge in [0, 0.05) is 37.0 Å². The number of hydrogen-bond donors (Lipinski definition) is 0. The second-order valence-corrected chi connectivity index (χ2v) is 6.27. The standard InChI is InChI=1S/C19H19FN2O3/c1-13-19(23)22(15-6-7-17-18(10-15)25-12-24-17)9-8-21(13)11-14-4-2-3-5-16(14)20/h2-7,10,13H,8-9,11-12H2,1H3/t13-/m1/s1. The molecule has 0 N–H and O–H groups in total. The van der Waals surface area contributed by atoms with Gasteiger partial charge in [-0.2, -0.15) is 0 Å². The summed E-state index contributed by atoms with van der Waals surface area (Å²) in [5.74, 6) is 1.12. The highest BCUT2D eigenvalue weighted by Gasteiger charge is 2.33. The molecule has 2 heterocycles. The van der Waals surface area contributed by atoms with E-state index in [4.69, 9.17) is 9.47 Å². The van der Waals surface area contributed by atoms with Crippen molar-refractivity contribution in [3.8, 4) is 11.5 Å². The molecular weight excluding hydrogens is 323 g/mol. The summed E-state index contributed by atoms with van der Waals surface area (Å²) in [6, 6.07) is 11.9. The molecule has 2 aromatic rings. The van der Waals surface area contributed by atoms with Crippen LogP contribution in [-0.4, -0.2) is 36.7 Å². The molecule has 25 heavy (non-hydrogen) atoms. The Kier molecular flexibility index (Phi) is 4.05. The average molecular weight is 342 g/mol. The van der Waals surface area contributed by atoms with Crippen LogP contribution in [-0.2, 0) is 11.3 Å². The SMILES string of the molecule is C[C@@H]1C(=O)N(c2ccc3c(c2)OCO3)CCN1Cc1ccccc1F. The van der Waals surface area contributed by atoms with Crippen molar-refractivity contribution in [2.24, 2.45) is 0 Å². The summed E-state index contributed by atoms with van der Waals surface area (Å²) in [4.78, 5) is 16.6. The molecule has 0 spiro atoms. The fourth-order valence-electron chi connectivity index (χ4n) is 3.28. The van der Waals surface area contributed by atoms with Crippen LogP contribution in [0.4, 0.5) is 10.1 Å². The molecule has 2 aliphatic heterocycles. The van der Waals surface area contributed by atoms with E-state index in [1.54, 1.807) is 17.0 Å². The van der Waals surface area contributed by atoms with Gasteiger partial charge in [0.05, 0.1) is 6.04 Å². The summed E-state index contributed by atoms with van der Waals surface area (Å²) in [6.07, 6.45) is 0. The Labute approximate surface area is 145 Å². The lowest BCUT2D eigenvalue weighted by atomic mass is 10.1. The average Bonchev–Trinajstić information content (AvgIpc) is 3.08. The predicted molar refractivity (Wildman–Crippen MR) is 91.2 cm³/mol. The predicted octanol–water partition coefficient (Wildman–Crippen LogP) is 2.79. The van der Waals surface area contributed by atoms with Crippen LogP contribution in [0.2, 0.25) is 0 Å². The van der Waals surface area contributed by atoms with Crippen molar-refractivity contribution in [3.05, 3.63) is 53.8 Å². The number of nitrogens with zero attached hydrogens (tertiary/aromatic N) is 2. The molecule has 1 fully saturated rings. The molecule has 130 valence electrons. The van der Waals surface area contributed by atoms with Crippen LogP contribution < -0.4 is 14.4 Å². The van der Waals surface area contributed by atoms with Crippen LogP contribution in [0.15, 0.2) is 42.5 Å². The van der Waals surface area contributed by atoms with Gasteiger partial charge in [0.15, 0.2) is 11.5 Å². The van der Waals surface area contributed by atoms with Crippen LogP contribution in [0, 0.1) is 5.82 Å². The molecule has 0 bridgehead atoms. The van der Waals surface area contributed by atoms with Crippen molar-refractivity contribution >= 4 is 11.6 Å². The summed E-state index contributed by atoms with van der Waals surface area (Å²) < 4.78 is 24.6. The second-order valence-electron chi connectivity index (χ2n) is 6.27. The molecule has 0 radical (unpaired) electrons. The van der Waals surface area contributed by atoms with E-state index < -0.39 is 0 Å². The van der Waals surface area contributed by atoms with Crippen LogP contribution in [0.5, 0.6) is 11.5 Å². The normalized spacial score (nSPS) is 20.2. The highest BCUT2D eigenvalue weighted by atomic mass is 19.1. The highest BCUT2D eigenvalue weighted by Crippen LogP contribution is 2.36. The topological polar surface area (TPSA) is 42.0 Å². The minimum atomic E-state index is -0.321. The zero-order valence-electron chi connectivity index (χ0n) is 13.9. The lowest BCUT2D eigenvalue weighted by Gasteiger charge is -2.39. The molecule has 4 rings (SSSR count). The summed E-state index contributed by atoms with van der Waals surface area (Å²) in [5.41, 5.74) is 1.41. The molecule has 5 nitrogen and oxygen atoms in total. The molecule has 0 saturated carbocycles. The fraction of sp³-hybridized carbons (Fsp3) is 0.316. The van der Waals surface area contributed by atoms with Gasteiger partial charge in [-0.05, 0) is 25.1 Å². The smallest absolute Gasteiger partial charge is 0.244 e. The number of carbonyl (C=O) groups is 1. The summed E-state index contributed by atoms with van der Waals surface area (Å²) in [6.45, 7) is 3.73. The lowest BCUT2D eigenvalue weighted by Crippen LogP contribution is -2.55. The third-order valence-electron chi connectivity index (χ3n) is 4.78. The first-order valence-corrected chi connectivity index (χ1v) is 8.32. The maximum atomic E-state index is 13.9. The number of carbonyl (C=O) groups excluding carboxylic acids is 1. The van der Waals surface area contributed by atoms with Gasteiger partial charge in [0.1, 0.15) is 5.82 Å². The van der Waals surface area contributed by atoms with E-state index in [-0.39, 0.29) is 24.6 Å². The number of rotatable bonds is 3. The minimum absolute atomic E-state index is 0.00135. The van der Waals surface area contributed by atoms with Gasteiger partial charge in [-0.25, -0.2) is 4.39 Å². The van der Waals surface area contributed by atoms with Crippen LogP contribution in [0.3, 0.4) is 0 Å². The number of halogens is 1. The van der Waals surface area contributed by atoms with Crippen molar-refractivity contribution in [3.63, 3.8) is 0 Å². The maximum Gasteiger partial charge on any atom is 0.244 e. The summed E-state index contributed by atoms with van der Waals surface area (Å²) in [7, 11) is 0. The van der Waals surface area contributed by atoms with Crippen LogP contribution >= 0.6 is 0 Å². The second kappa shape index (κ2) is 6.37. The molecule has 1 saturated heterocycles. The third kappa shape index (κ3) is 2.93. The molecule has 0 aliphatic carbocycles. The number of fused-ring (bicyclic) bond motifs is 1. The number of anilines is 1. The first-order valence-electron chi connectivity index (χ1n) is 8.32. The summed E-state index contributed by atoms with van der Waals surface area (Å²) >= 11 is 0. The number of benzene rings is 2. The molecule has 0 unspecified atom stereocenters. The van der Waals surface area contributed by atoms with Crippen molar-refractivity contribution in [1.82, 2.24) is 4.90 Å². The van der Waals surface area contributed by atoms with Crippen LogP contribution in [0.25, 0.3) is 0 Å². The fourth-order valence-corrected chi connectivity index (χ4v) is 3.28. The van der Waals surface area contributed by atoms with Crippen molar-refractivity contribution in [2.45, 2.75) is 19.5 Å². The molecule has 1 amide bonds. The van der Waals surface area contributed by atoms with Gasteiger partial charge in [-0.15, -0.1) is 0 Å². The maximum absolute atomic E-state index is 13.9.